The minimum atomic E-state index is -3.47. The van der Waals surface area contributed by atoms with Crippen molar-refractivity contribution >= 4 is 41.8 Å². The molecule has 2 aliphatic rings. The van der Waals surface area contributed by atoms with E-state index in [1.165, 1.54) is 17.9 Å². The van der Waals surface area contributed by atoms with Gasteiger partial charge in [0, 0.05) is 50.2 Å². The number of ketones is 2. The van der Waals surface area contributed by atoms with Crippen molar-refractivity contribution in [3.8, 4) is 0 Å². The minimum Gasteiger partial charge on any atom is -0.441 e. The van der Waals surface area contributed by atoms with Gasteiger partial charge in [0.1, 0.15) is 5.82 Å². The largest absolute Gasteiger partial charge is 0.441 e. The molecule has 0 bridgehead atoms. The van der Waals surface area contributed by atoms with Gasteiger partial charge in [-0.1, -0.05) is 6.92 Å². The van der Waals surface area contributed by atoms with E-state index in [1.54, 1.807) is 37.9 Å². The number of carbonyl (C=O) groups excluding carboxylic acids is 3. The third-order valence-electron chi connectivity index (χ3n) is 7.66. The van der Waals surface area contributed by atoms with Gasteiger partial charge in [-0.15, -0.1) is 0 Å². The van der Waals surface area contributed by atoms with Crippen molar-refractivity contribution in [2.24, 2.45) is 0 Å². The van der Waals surface area contributed by atoms with Gasteiger partial charge in [-0.05, 0) is 52.2 Å². The number of nitrogens with zero attached hydrogens (tertiary/aromatic N) is 3. The standard InChI is InChI=1S/C29H39FN3O8P/c1-5-22(42(38,40-6-2)41-7-3)14-21(35)18-39-29(37)32-12-10-31(11-13-32)27-16-26-23(15-25(27)30)28(36)24(19(4)34)17-33(26)20-8-9-20/h15-17,20,22H,5-14,18H2,1-4H3. The number of aromatic nitrogens is 1. The summed E-state index contributed by atoms with van der Waals surface area (Å²) in [6.45, 7) is 7.55. The van der Waals surface area contributed by atoms with Gasteiger partial charge in [-0.25, -0.2) is 9.18 Å². The average molecular weight is 608 g/mol. The number of piperazine rings is 1. The Kier molecular flexibility index (Phi) is 10.2. The van der Waals surface area contributed by atoms with E-state index < -0.39 is 37.2 Å². The number of amides is 1. The molecule has 1 aliphatic carbocycles. The van der Waals surface area contributed by atoms with Crippen molar-refractivity contribution in [3.05, 3.63) is 39.9 Å². The van der Waals surface area contributed by atoms with Gasteiger partial charge in [-0.3, -0.25) is 18.9 Å². The minimum absolute atomic E-state index is 0.0509. The fraction of sp³-hybridized carbons (Fsp3) is 0.586. The molecule has 0 N–H and O–H groups in total. The summed E-state index contributed by atoms with van der Waals surface area (Å²) in [5.74, 6) is -1.32. The highest BCUT2D eigenvalue weighted by Gasteiger charge is 2.36. The Balaban J connectivity index is 1.38. The van der Waals surface area contributed by atoms with E-state index in [2.05, 4.69) is 0 Å². The van der Waals surface area contributed by atoms with Crippen LogP contribution in [0.4, 0.5) is 14.9 Å². The Morgan fingerprint density at radius 1 is 1.05 bits per heavy atom. The number of carbonyl (C=O) groups is 3. The molecule has 0 spiro atoms. The number of rotatable bonds is 13. The van der Waals surface area contributed by atoms with Crippen molar-refractivity contribution < 1.29 is 37.1 Å². The molecule has 1 saturated carbocycles. The van der Waals surface area contributed by atoms with E-state index in [0.29, 0.717) is 30.7 Å². The maximum absolute atomic E-state index is 15.3. The summed E-state index contributed by atoms with van der Waals surface area (Å²) in [5, 5.41) is 0.173. The maximum atomic E-state index is 15.3. The van der Waals surface area contributed by atoms with Crippen LogP contribution < -0.4 is 10.3 Å². The zero-order valence-electron chi connectivity index (χ0n) is 24.6. The highest BCUT2D eigenvalue weighted by molar-refractivity contribution is 7.54. The molecule has 1 aliphatic heterocycles. The van der Waals surface area contributed by atoms with Crippen molar-refractivity contribution in [2.75, 3.05) is 50.9 Å². The second-order valence-corrected chi connectivity index (χ2v) is 12.9. The van der Waals surface area contributed by atoms with Gasteiger partial charge in [0.25, 0.3) is 0 Å². The van der Waals surface area contributed by atoms with Gasteiger partial charge < -0.3 is 28.2 Å². The number of hydrogen-bond donors (Lipinski definition) is 0. The predicted molar refractivity (Wildman–Crippen MR) is 156 cm³/mol. The van der Waals surface area contributed by atoms with Crippen LogP contribution in [0, 0.1) is 5.82 Å². The summed E-state index contributed by atoms with van der Waals surface area (Å²) in [4.78, 5) is 53.4. The van der Waals surface area contributed by atoms with Gasteiger partial charge in [0.2, 0.25) is 0 Å². The first-order chi connectivity index (χ1) is 20.0. The molecule has 1 unspecified atom stereocenters. The fourth-order valence-corrected chi connectivity index (χ4v) is 7.37. The molecule has 1 saturated heterocycles. The molecular weight excluding hydrogens is 568 g/mol. The van der Waals surface area contributed by atoms with E-state index in [9.17, 15) is 23.7 Å². The van der Waals surface area contributed by atoms with Gasteiger partial charge in [-0.2, -0.15) is 0 Å². The third-order valence-corrected chi connectivity index (χ3v) is 10.3. The second-order valence-electron chi connectivity index (χ2n) is 10.6. The van der Waals surface area contributed by atoms with Crippen LogP contribution in [0.1, 0.15) is 69.8 Å². The van der Waals surface area contributed by atoms with Gasteiger partial charge in [0.05, 0.1) is 35.6 Å². The molecule has 1 amide bonds. The Bertz CT molecular complexity index is 1440. The zero-order valence-corrected chi connectivity index (χ0v) is 25.5. The van der Waals surface area contributed by atoms with E-state index in [0.717, 1.165) is 12.8 Å². The highest BCUT2D eigenvalue weighted by Crippen LogP contribution is 2.55. The highest BCUT2D eigenvalue weighted by atomic mass is 31.2. The van der Waals surface area contributed by atoms with Crippen molar-refractivity contribution in [2.45, 2.75) is 65.1 Å². The monoisotopic (exact) mass is 607 g/mol. The number of hydrogen-bond acceptors (Lipinski definition) is 9. The Hall–Kier alpha value is -3.08. The summed E-state index contributed by atoms with van der Waals surface area (Å²) in [5.41, 5.74) is -0.170. The summed E-state index contributed by atoms with van der Waals surface area (Å²) in [6.07, 6.45) is 3.06. The number of pyridine rings is 1. The topological polar surface area (TPSA) is 124 Å². The molecule has 230 valence electrons. The summed E-state index contributed by atoms with van der Waals surface area (Å²) in [6, 6.07) is 3.01. The van der Waals surface area contributed by atoms with E-state index >= 15 is 4.39 Å². The van der Waals surface area contributed by atoms with E-state index in [-0.39, 0.29) is 61.3 Å². The van der Waals surface area contributed by atoms with Crippen LogP contribution in [0.3, 0.4) is 0 Å². The van der Waals surface area contributed by atoms with Crippen LogP contribution in [-0.2, 0) is 23.1 Å². The van der Waals surface area contributed by atoms with Gasteiger partial charge in [0.15, 0.2) is 23.6 Å². The molecule has 42 heavy (non-hydrogen) atoms. The molecule has 2 aromatic rings. The van der Waals surface area contributed by atoms with E-state index in [1.807, 2.05) is 4.57 Å². The summed E-state index contributed by atoms with van der Waals surface area (Å²) >= 11 is 0. The average Bonchev–Trinajstić information content (AvgIpc) is 3.80. The molecule has 1 aromatic heterocycles. The number of halogens is 1. The zero-order chi connectivity index (χ0) is 30.6. The molecule has 11 nitrogen and oxygen atoms in total. The first kappa shape index (κ1) is 31.8. The molecule has 1 atom stereocenters. The molecule has 0 radical (unpaired) electrons. The number of Topliss-reactive ketones (excluding diaryl/α,β-unsaturated/α-hetero) is 2. The van der Waals surface area contributed by atoms with Crippen LogP contribution >= 0.6 is 7.60 Å². The third kappa shape index (κ3) is 6.93. The van der Waals surface area contributed by atoms with Crippen molar-refractivity contribution in [1.82, 2.24) is 9.47 Å². The lowest BCUT2D eigenvalue weighted by Crippen LogP contribution is -2.49. The van der Waals surface area contributed by atoms with Crippen LogP contribution in [0.5, 0.6) is 0 Å². The molecule has 1 aromatic carbocycles. The molecule has 13 heteroatoms. The molecule has 2 heterocycles. The molecule has 4 rings (SSSR count). The number of anilines is 1. The Morgan fingerprint density at radius 3 is 2.24 bits per heavy atom. The summed E-state index contributed by atoms with van der Waals surface area (Å²) in [7, 11) is -3.47. The van der Waals surface area contributed by atoms with Crippen molar-refractivity contribution in [1.29, 1.82) is 0 Å². The van der Waals surface area contributed by atoms with Crippen LogP contribution in [0.15, 0.2) is 23.1 Å². The lowest BCUT2D eigenvalue weighted by Gasteiger charge is -2.35. The van der Waals surface area contributed by atoms with Crippen LogP contribution in [-0.4, -0.2) is 78.8 Å². The lowest BCUT2D eigenvalue weighted by atomic mass is 10.1. The molecular formula is C29H39FN3O8P. The molecule has 2 fully saturated rings. The quantitative estimate of drug-likeness (QED) is 0.230. The maximum Gasteiger partial charge on any atom is 0.410 e. The first-order valence-corrected chi connectivity index (χ1v) is 16.1. The van der Waals surface area contributed by atoms with Crippen LogP contribution in [0.25, 0.3) is 10.9 Å². The number of ether oxygens (including phenoxy) is 1. The van der Waals surface area contributed by atoms with Gasteiger partial charge >= 0.3 is 13.7 Å². The smallest absolute Gasteiger partial charge is 0.410 e. The summed E-state index contributed by atoms with van der Waals surface area (Å²) < 4.78 is 46.2. The lowest BCUT2D eigenvalue weighted by molar-refractivity contribution is -0.122. The van der Waals surface area contributed by atoms with E-state index in [4.69, 9.17) is 13.8 Å². The Morgan fingerprint density at radius 2 is 1.69 bits per heavy atom. The normalized spacial score (nSPS) is 16.5. The number of benzene rings is 1. The predicted octanol–water partition coefficient (Wildman–Crippen LogP) is 4.94. The van der Waals surface area contributed by atoms with Crippen LogP contribution in [0.2, 0.25) is 0 Å². The Labute approximate surface area is 244 Å². The van der Waals surface area contributed by atoms with Crippen molar-refractivity contribution in [3.63, 3.8) is 0 Å². The number of fused-ring (bicyclic) bond motifs is 1. The first-order valence-electron chi connectivity index (χ1n) is 14.5. The second kappa shape index (κ2) is 13.5. The fourth-order valence-electron chi connectivity index (χ4n) is 5.28. The SMILES string of the molecule is CCOP(=O)(OCC)C(CC)CC(=O)COC(=O)N1CCN(c2cc3c(cc2F)c(=O)c(C(C)=O)cn3C2CC2)CC1.